The van der Waals surface area contributed by atoms with Gasteiger partial charge in [-0.25, -0.2) is 0 Å². The number of aliphatic carboxylic acids is 2. The van der Waals surface area contributed by atoms with Crippen LogP contribution < -0.4 is 10.2 Å². The Kier molecular flexibility index (Phi) is 29.7. The Morgan fingerprint density at radius 1 is 1.13 bits per heavy atom. The predicted octanol–water partition coefficient (Wildman–Crippen LogP) is -1.77. The van der Waals surface area contributed by atoms with Crippen LogP contribution in [0.2, 0.25) is 0 Å². The molecule has 0 bridgehead atoms. The average molecular weight is 250 g/mol. The second-order valence-corrected chi connectivity index (χ2v) is 2.14. The van der Waals surface area contributed by atoms with E-state index in [0.717, 1.165) is 12.2 Å². The molecule has 0 aliphatic heterocycles. The smallest absolute Gasteiger partial charge is 0.545 e. The summed E-state index contributed by atoms with van der Waals surface area (Å²) in [6, 6.07) is 0. The Hall–Kier alpha value is -0.906. The van der Waals surface area contributed by atoms with Crippen LogP contribution in [-0.4, -0.2) is 23.1 Å². The largest absolute Gasteiger partial charge is 2.00 e. The van der Waals surface area contributed by atoms with Crippen LogP contribution in [0.4, 0.5) is 0 Å². The molecule has 0 atom stereocenters. The average Bonchev–Trinajstić information content (AvgIpc) is 2.04. The minimum atomic E-state index is -1.23. The molecule has 0 unspecified atom stereocenters. The number of carboxylic acid groups (broad SMARTS) is 2. The summed E-state index contributed by atoms with van der Waals surface area (Å²) in [5.41, 5.74) is 0. The Bertz CT molecular complexity index is 168. The van der Waals surface area contributed by atoms with Gasteiger partial charge in [-0.05, 0) is 26.0 Å². The van der Waals surface area contributed by atoms with E-state index >= 15 is 0 Å². The summed E-state index contributed by atoms with van der Waals surface area (Å²) < 4.78 is 0. The van der Waals surface area contributed by atoms with Crippen LogP contribution in [0.1, 0.15) is 13.8 Å². The van der Waals surface area contributed by atoms with Crippen molar-refractivity contribution in [1.82, 2.24) is 0 Å². The number of hydrogen-bond donors (Lipinski definition) is 1. The molecule has 0 fully saturated rings. The van der Waals surface area contributed by atoms with Crippen LogP contribution in [0.25, 0.3) is 0 Å². The van der Waals surface area contributed by atoms with E-state index in [0.29, 0.717) is 0 Å². The Morgan fingerprint density at radius 3 is 1.20 bits per heavy atom. The molecule has 0 aliphatic carbocycles. The first-order chi connectivity index (χ1) is 6.27. The number of aliphatic hydroxyl groups is 1. The van der Waals surface area contributed by atoms with Crippen LogP contribution in [0.15, 0.2) is 25.3 Å². The first-order valence-electron chi connectivity index (χ1n) is 3.62. The number of carbonyl (C=O) groups excluding carboxylic acids is 2. The van der Waals surface area contributed by atoms with Gasteiger partial charge in [0.05, 0.1) is 11.9 Å². The van der Waals surface area contributed by atoms with Crippen LogP contribution in [-0.2, 0) is 31.3 Å². The summed E-state index contributed by atoms with van der Waals surface area (Å²) >= 11 is 0. The van der Waals surface area contributed by atoms with Crippen LogP contribution in [0, 0.1) is 0 Å². The van der Waals surface area contributed by atoms with E-state index in [2.05, 4.69) is 13.2 Å². The zero-order valence-corrected chi connectivity index (χ0v) is 10.3. The van der Waals surface area contributed by atoms with Crippen molar-refractivity contribution in [2.75, 3.05) is 0 Å². The van der Waals surface area contributed by atoms with Crippen molar-refractivity contribution in [2.45, 2.75) is 20.0 Å². The van der Waals surface area contributed by atoms with E-state index in [4.69, 9.17) is 24.9 Å². The normalized spacial score (nSPS) is 6.67. The molecule has 0 saturated heterocycles. The van der Waals surface area contributed by atoms with Gasteiger partial charge >= 0.3 is 21.7 Å². The molecule has 0 aliphatic rings. The molecule has 0 saturated carbocycles. The molecule has 0 radical (unpaired) electrons. The fraction of sp³-hybridized carbons (Fsp3) is 0.333. The number of aliphatic hydroxyl groups excluding tert-OH is 1. The van der Waals surface area contributed by atoms with Gasteiger partial charge in [-0.15, -0.1) is 0 Å². The SMILES string of the molecule is C=CC(=O)[O-].C=CC(=O)[O-].CC(C)O.[Ti+2]. The van der Waals surface area contributed by atoms with Gasteiger partial charge in [0, 0.05) is 6.10 Å². The quantitative estimate of drug-likeness (QED) is 0.461. The van der Waals surface area contributed by atoms with Gasteiger partial charge in [0.25, 0.3) is 0 Å². The minimum Gasteiger partial charge on any atom is -0.545 e. The van der Waals surface area contributed by atoms with Crippen LogP contribution >= 0.6 is 0 Å². The third-order valence-electron chi connectivity index (χ3n) is 0.333. The molecular formula is C9H14O5Ti. The van der Waals surface area contributed by atoms with Gasteiger partial charge in [-0.2, -0.15) is 0 Å². The Labute approximate surface area is 104 Å². The molecular weight excluding hydrogens is 236 g/mol. The van der Waals surface area contributed by atoms with E-state index in [1.54, 1.807) is 13.8 Å². The summed E-state index contributed by atoms with van der Waals surface area (Å²) in [6.45, 7) is 9.24. The van der Waals surface area contributed by atoms with Crippen LogP contribution in [0.3, 0.4) is 0 Å². The maximum Gasteiger partial charge on any atom is 2.00 e. The van der Waals surface area contributed by atoms with Crippen molar-refractivity contribution in [3.63, 3.8) is 0 Å². The van der Waals surface area contributed by atoms with Crippen LogP contribution in [0.5, 0.6) is 0 Å². The second-order valence-electron chi connectivity index (χ2n) is 2.14. The molecule has 6 heteroatoms. The maximum absolute atomic E-state index is 9.14. The van der Waals surface area contributed by atoms with Crippen molar-refractivity contribution >= 4 is 11.9 Å². The molecule has 5 nitrogen and oxygen atoms in total. The van der Waals surface area contributed by atoms with Crippen molar-refractivity contribution < 1.29 is 46.6 Å². The van der Waals surface area contributed by atoms with Gasteiger partial charge in [0.1, 0.15) is 0 Å². The summed E-state index contributed by atoms with van der Waals surface area (Å²) in [6.07, 6.45) is 1.28. The van der Waals surface area contributed by atoms with Gasteiger partial charge < -0.3 is 24.9 Å². The summed E-state index contributed by atoms with van der Waals surface area (Å²) in [5.74, 6) is -2.46. The molecule has 84 valence electrons. The third-order valence-corrected chi connectivity index (χ3v) is 0.333. The summed E-state index contributed by atoms with van der Waals surface area (Å²) in [7, 11) is 0. The standard InChI is InChI=1S/2C3H4O2.C3H8O.Ti/c2*1-2-3(4)5;1-3(2)4;/h2*2H,1H2,(H,4,5);3-4H,1-2H3;/q;;;+2/p-2. The first kappa shape index (κ1) is 23.7. The van der Waals surface area contributed by atoms with Gasteiger partial charge in [0.15, 0.2) is 0 Å². The number of hydrogen-bond acceptors (Lipinski definition) is 5. The van der Waals surface area contributed by atoms with E-state index in [9.17, 15) is 0 Å². The Balaban J connectivity index is -0.0000000590. The molecule has 0 aromatic rings. The fourth-order valence-electron chi connectivity index (χ4n) is 0. The molecule has 0 spiro atoms. The van der Waals surface area contributed by atoms with Gasteiger partial charge in [0.2, 0.25) is 0 Å². The maximum atomic E-state index is 9.14. The van der Waals surface area contributed by atoms with Crippen molar-refractivity contribution in [3.8, 4) is 0 Å². The number of carboxylic acids is 2. The van der Waals surface area contributed by atoms with E-state index in [1.807, 2.05) is 0 Å². The van der Waals surface area contributed by atoms with E-state index < -0.39 is 11.9 Å². The second kappa shape index (κ2) is 18.8. The van der Waals surface area contributed by atoms with E-state index in [-0.39, 0.29) is 27.8 Å². The third kappa shape index (κ3) is 168. The zero-order chi connectivity index (χ0) is 12.1. The molecule has 0 aromatic heterocycles. The van der Waals surface area contributed by atoms with Crippen molar-refractivity contribution in [1.29, 1.82) is 0 Å². The predicted molar refractivity (Wildman–Crippen MR) is 47.8 cm³/mol. The summed E-state index contributed by atoms with van der Waals surface area (Å²) in [5, 5.41) is 26.3. The molecule has 0 amide bonds. The van der Waals surface area contributed by atoms with Crippen molar-refractivity contribution in [3.05, 3.63) is 25.3 Å². The monoisotopic (exact) mass is 250 g/mol. The molecule has 1 N–H and O–H groups in total. The van der Waals surface area contributed by atoms with Gasteiger partial charge in [-0.3, -0.25) is 0 Å². The van der Waals surface area contributed by atoms with E-state index in [1.165, 1.54) is 0 Å². The number of rotatable bonds is 2. The van der Waals surface area contributed by atoms with Crippen molar-refractivity contribution in [2.24, 2.45) is 0 Å². The zero-order valence-electron chi connectivity index (χ0n) is 8.73. The Morgan fingerprint density at radius 2 is 1.20 bits per heavy atom. The number of carbonyl (C=O) groups is 2. The molecule has 0 rings (SSSR count). The first-order valence-corrected chi connectivity index (χ1v) is 3.62. The summed E-state index contributed by atoms with van der Waals surface area (Å²) in [4.78, 5) is 18.3. The molecule has 0 aromatic carbocycles. The van der Waals surface area contributed by atoms with Gasteiger partial charge in [-0.1, -0.05) is 13.2 Å². The topological polar surface area (TPSA) is 100 Å². The fourth-order valence-corrected chi connectivity index (χ4v) is 0. The minimum absolute atomic E-state index is 0. The molecule has 0 heterocycles. The molecule has 15 heavy (non-hydrogen) atoms.